The van der Waals surface area contributed by atoms with E-state index in [0.29, 0.717) is 5.56 Å². The Kier molecular flexibility index (Phi) is 4.28. The van der Waals surface area contributed by atoms with E-state index < -0.39 is 0 Å². The molecule has 16 heavy (non-hydrogen) atoms. The van der Waals surface area contributed by atoms with Crippen LogP contribution in [0.25, 0.3) is 0 Å². The topological polar surface area (TPSA) is 75.0 Å². The van der Waals surface area contributed by atoms with Crippen molar-refractivity contribution in [3.05, 3.63) is 23.9 Å². The summed E-state index contributed by atoms with van der Waals surface area (Å²) in [5, 5.41) is 11.2. The minimum atomic E-state index is -0.285. The molecule has 84 valence electrons. The van der Waals surface area contributed by atoms with Gasteiger partial charge < -0.3 is 10.1 Å². The molecule has 1 aromatic rings. The molecule has 0 saturated carbocycles. The van der Waals surface area contributed by atoms with Crippen LogP contribution >= 0.6 is 0 Å². The molecule has 0 bridgehead atoms. The molecule has 0 fully saturated rings. The molecule has 1 atom stereocenters. The van der Waals surface area contributed by atoms with E-state index in [1.54, 1.807) is 25.3 Å². The Hall–Kier alpha value is -2.09. The van der Waals surface area contributed by atoms with Crippen LogP contribution in [0.1, 0.15) is 23.7 Å². The molecule has 1 unspecified atom stereocenters. The van der Waals surface area contributed by atoms with Gasteiger partial charge in [-0.05, 0) is 19.1 Å². The first-order valence-electron chi connectivity index (χ1n) is 4.86. The molecule has 0 aliphatic rings. The maximum Gasteiger partial charge on any atom is 0.257 e. The Morgan fingerprint density at radius 1 is 1.75 bits per heavy atom. The molecule has 0 saturated heterocycles. The fourth-order valence-corrected chi connectivity index (χ4v) is 1.22. The summed E-state index contributed by atoms with van der Waals surface area (Å²) in [7, 11) is 1.46. The lowest BCUT2D eigenvalue weighted by Gasteiger charge is -2.11. The molecule has 1 aromatic heterocycles. The van der Waals surface area contributed by atoms with Crippen molar-refractivity contribution in [2.75, 3.05) is 7.11 Å². The predicted molar refractivity (Wildman–Crippen MR) is 57.9 cm³/mol. The van der Waals surface area contributed by atoms with Crippen molar-refractivity contribution in [1.82, 2.24) is 10.3 Å². The second-order valence-corrected chi connectivity index (χ2v) is 3.30. The molecule has 1 rings (SSSR count). The number of nitrogens with zero attached hydrogens (tertiary/aromatic N) is 2. The molecular weight excluding hydrogens is 206 g/mol. The molecule has 0 spiro atoms. The van der Waals surface area contributed by atoms with E-state index >= 15 is 0 Å². The lowest BCUT2D eigenvalue weighted by Crippen LogP contribution is -2.32. The highest BCUT2D eigenvalue weighted by atomic mass is 16.5. The van der Waals surface area contributed by atoms with Crippen LogP contribution in [-0.2, 0) is 0 Å². The minimum Gasteiger partial charge on any atom is -0.480 e. The van der Waals surface area contributed by atoms with Gasteiger partial charge in [0.05, 0.1) is 19.6 Å². The molecule has 5 nitrogen and oxygen atoms in total. The first-order chi connectivity index (χ1) is 7.69. The lowest BCUT2D eigenvalue weighted by atomic mass is 10.2. The highest BCUT2D eigenvalue weighted by molar-refractivity contribution is 5.96. The summed E-state index contributed by atoms with van der Waals surface area (Å²) < 4.78 is 4.97. The fourth-order valence-electron chi connectivity index (χ4n) is 1.22. The quantitative estimate of drug-likeness (QED) is 0.823. The number of nitrogens with one attached hydrogen (secondary N) is 1. The van der Waals surface area contributed by atoms with E-state index in [9.17, 15) is 4.79 Å². The van der Waals surface area contributed by atoms with Gasteiger partial charge in [-0.1, -0.05) is 0 Å². The number of carbonyl (C=O) groups is 1. The van der Waals surface area contributed by atoms with Crippen molar-refractivity contribution in [3.8, 4) is 11.9 Å². The Balaban J connectivity index is 2.77. The summed E-state index contributed by atoms with van der Waals surface area (Å²) in [5.41, 5.74) is 0.370. The van der Waals surface area contributed by atoms with Crippen LogP contribution in [0.4, 0.5) is 0 Å². The van der Waals surface area contributed by atoms with Gasteiger partial charge in [0.15, 0.2) is 0 Å². The van der Waals surface area contributed by atoms with Crippen LogP contribution in [0.15, 0.2) is 18.3 Å². The van der Waals surface area contributed by atoms with Crippen LogP contribution in [-0.4, -0.2) is 24.0 Å². The maximum atomic E-state index is 11.8. The Morgan fingerprint density at radius 3 is 3.12 bits per heavy atom. The highest BCUT2D eigenvalue weighted by Gasteiger charge is 2.14. The predicted octanol–water partition coefficient (Wildman–Crippen LogP) is 1.12. The molecule has 0 radical (unpaired) electrons. The second kappa shape index (κ2) is 5.71. The molecule has 1 N–H and O–H groups in total. The van der Waals surface area contributed by atoms with Crippen molar-refractivity contribution in [1.29, 1.82) is 5.26 Å². The van der Waals surface area contributed by atoms with E-state index in [1.807, 2.05) is 6.07 Å². The molecule has 1 amide bonds. The zero-order valence-corrected chi connectivity index (χ0v) is 9.23. The van der Waals surface area contributed by atoms with Gasteiger partial charge in [0.1, 0.15) is 5.56 Å². The Morgan fingerprint density at radius 2 is 2.50 bits per heavy atom. The first kappa shape index (κ1) is 12.0. The number of pyridine rings is 1. The summed E-state index contributed by atoms with van der Waals surface area (Å²) in [4.78, 5) is 15.7. The average Bonchev–Trinajstić information content (AvgIpc) is 2.29. The summed E-state index contributed by atoms with van der Waals surface area (Å²) >= 11 is 0. The van der Waals surface area contributed by atoms with Gasteiger partial charge in [-0.15, -0.1) is 0 Å². The standard InChI is InChI=1S/C11H13N3O2/c1-8(5-6-12)14-10(15)9-4-3-7-13-11(9)16-2/h3-4,7-8H,5H2,1-2H3,(H,14,15). The van der Waals surface area contributed by atoms with Crippen LogP contribution in [0, 0.1) is 11.3 Å². The van der Waals surface area contributed by atoms with Gasteiger partial charge in [0, 0.05) is 12.2 Å². The lowest BCUT2D eigenvalue weighted by molar-refractivity contribution is 0.0937. The van der Waals surface area contributed by atoms with Crippen molar-refractivity contribution in [3.63, 3.8) is 0 Å². The molecule has 1 heterocycles. The number of nitriles is 1. The number of hydrogen-bond acceptors (Lipinski definition) is 4. The minimum absolute atomic E-state index is 0.192. The smallest absolute Gasteiger partial charge is 0.257 e. The third kappa shape index (κ3) is 2.95. The SMILES string of the molecule is COc1ncccc1C(=O)NC(C)CC#N. The zero-order chi connectivity index (χ0) is 12.0. The van der Waals surface area contributed by atoms with Crippen LogP contribution in [0.5, 0.6) is 5.88 Å². The number of rotatable bonds is 4. The van der Waals surface area contributed by atoms with Gasteiger partial charge in [-0.2, -0.15) is 5.26 Å². The maximum absolute atomic E-state index is 11.8. The molecular formula is C11H13N3O2. The summed E-state index contributed by atoms with van der Waals surface area (Å²) in [5.74, 6) is -0.00291. The first-order valence-corrected chi connectivity index (χ1v) is 4.86. The summed E-state index contributed by atoms with van der Waals surface area (Å²) in [6, 6.07) is 5.08. The van der Waals surface area contributed by atoms with Crippen LogP contribution in [0.2, 0.25) is 0 Å². The molecule has 0 aliphatic heterocycles. The number of amides is 1. The number of methoxy groups -OCH3 is 1. The van der Waals surface area contributed by atoms with Crippen molar-refractivity contribution >= 4 is 5.91 Å². The Labute approximate surface area is 94.1 Å². The number of carbonyl (C=O) groups excluding carboxylic acids is 1. The van der Waals surface area contributed by atoms with Crippen molar-refractivity contribution in [2.45, 2.75) is 19.4 Å². The number of ether oxygens (including phenoxy) is 1. The number of aromatic nitrogens is 1. The normalized spacial score (nSPS) is 11.3. The Bertz CT molecular complexity index is 412. The van der Waals surface area contributed by atoms with Crippen molar-refractivity contribution in [2.24, 2.45) is 0 Å². The van der Waals surface area contributed by atoms with Crippen LogP contribution in [0.3, 0.4) is 0 Å². The van der Waals surface area contributed by atoms with E-state index in [-0.39, 0.29) is 24.2 Å². The largest absolute Gasteiger partial charge is 0.480 e. The molecule has 5 heteroatoms. The molecule has 0 aromatic carbocycles. The zero-order valence-electron chi connectivity index (χ0n) is 9.23. The summed E-state index contributed by atoms with van der Waals surface area (Å²) in [6.45, 7) is 1.77. The summed E-state index contributed by atoms with van der Waals surface area (Å²) in [6.07, 6.45) is 1.82. The fraction of sp³-hybridized carbons (Fsp3) is 0.364. The van der Waals surface area contributed by atoms with E-state index in [1.165, 1.54) is 7.11 Å². The van der Waals surface area contributed by atoms with E-state index in [4.69, 9.17) is 10.00 Å². The van der Waals surface area contributed by atoms with Crippen LogP contribution < -0.4 is 10.1 Å². The molecule has 0 aliphatic carbocycles. The van der Waals surface area contributed by atoms with E-state index in [2.05, 4.69) is 10.3 Å². The second-order valence-electron chi connectivity index (χ2n) is 3.30. The monoisotopic (exact) mass is 219 g/mol. The third-order valence-electron chi connectivity index (χ3n) is 1.98. The van der Waals surface area contributed by atoms with Gasteiger partial charge >= 0.3 is 0 Å². The van der Waals surface area contributed by atoms with E-state index in [0.717, 1.165) is 0 Å². The van der Waals surface area contributed by atoms with Crippen molar-refractivity contribution < 1.29 is 9.53 Å². The van der Waals surface area contributed by atoms with Gasteiger partial charge in [-0.3, -0.25) is 4.79 Å². The average molecular weight is 219 g/mol. The van der Waals surface area contributed by atoms with Gasteiger partial charge in [0.25, 0.3) is 5.91 Å². The highest BCUT2D eigenvalue weighted by Crippen LogP contribution is 2.13. The third-order valence-corrected chi connectivity index (χ3v) is 1.98. The number of hydrogen-bond donors (Lipinski definition) is 1. The van der Waals surface area contributed by atoms with Gasteiger partial charge in [0.2, 0.25) is 5.88 Å². The van der Waals surface area contributed by atoms with Gasteiger partial charge in [-0.25, -0.2) is 4.98 Å².